The first-order chi connectivity index (χ1) is 7.25. The molecule has 1 saturated heterocycles. The molecule has 3 N–H and O–H groups in total. The van der Waals surface area contributed by atoms with E-state index in [2.05, 4.69) is 36.5 Å². The van der Waals surface area contributed by atoms with E-state index >= 15 is 0 Å². The predicted molar refractivity (Wildman–Crippen MR) is 63.8 cm³/mol. The Balaban J connectivity index is 1.98. The zero-order chi connectivity index (χ0) is 10.7. The molecule has 15 heavy (non-hydrogen) atoms. The molecule has 1 aliphatic heterocycles. The highest BCUT2D eigenvalue weighted by molar-refractivity contribution is 5.22. The fraction of sp³-hybridized carbons (Fsp3) is 0.538. The number of piperidine rings is 1. The number of nitrogens with one attached hydrogen (secondary N) is 1. The second kappa shape index (κ2) is 4.77. The summed E-state index contributed by atoms with van der Waals surface area (Å²) in [5, 5.41) is 3.42. The summed E-state index contributed by atoms with van der Waals surface area (Å²) in [4.78, 5) is 0. The SMILES string of the molecule is Cc1ccc(C[C@@H]2CNCC[C@@H]2N)cc1. The molecule has 0 unspecified atom stereocenters. The molecule has 1 aliphatic rings. The lowest BCUT2D eigenvalue weighted by Crippen LogP contribution is -2.45. The maximum Gasteiger partial charge on any atom is 0.00945 e. The first-order valence-electron chi connectivity index (χ1n) is 5.77. The van der Waals surface area contributed by atoms with Crippen molar-refractivity contribution in [1.29, 1.82) is 0 Å². The van der Waals surface area contributed by atoms with Crippen LogP contribution in [0.3, 0.4) is 0 Å². The van der Waals surface area contributed by atoms with E-state index in [0.717, 1.165) is 25.9 Å². The molecule has 0 radical (unpaired) electrons. The van der Waals surface area contributed by atoms with Gasteiger partial charge < -0.3 is 11.1 Å². The summed E-state index contributed by atoms with van der Waals surface area (Å²) in [7, 11) is 0. The van der Waals surface area contributed by atoms with Crippen LogP contribution < -0.4 is 11.1 Å². The van der Waals surface area contributed by atoms with Gasteiger partial charge in [-0.25, -0.2) is 0 Å². The van der Waals surface area contributed by atoms with Crippen molar-refractivity contribution in [3.63, 3.8) is 0 Å². The van der Waals surface area contributed by atoms with Crippen LogP contribution in [0.2, 0.25) is 0 Å². The smallest absolute Gasteiger partial charge is 0.00945 e. The van der Waals surface area contributed by atoms with Crippen LogP contribution in [0.25, 0.3) is 0 Å². The molecule has 2 atom stereocenters. The summed E-state index contributed by atoms with van der Waals surface area (Å²) in [6.07, 6.45) is 2.21. The maximum absolute atomic E-state index is 6.12. The van der Waals surface area contributed by atoms with Gasteiger partial charge in [0.2, 0.25) is 0 Å². The Morgan fingerprint density at radius 2 is 2.07 bits per heavy atom. The molecule has 1 aromatic rings. The molecule has 0 amide bonds. The first-order valence-corrected chi connectivity index (χ1v) is 5.77. The Bertz CT molecular complexity index is 305. The highest BCUT2D eigenvalue weighted by Gasteiger charge is 2.21. The van der Waals surface area contributed by atoms with Crippen molar-refractivity contribution < 1.29 is 0 Å². The molecule has 0 aliphatic carbocycles. The Kier molecular flexibility index (Phi) is 3.39. The molecule has 0 saturated carbocycles. The second-order valence-electron chi connectivity index (χ2n) is 4.61. The van der Waals surface area contributed by atoms with Gasteiger partial charge in [-0.05, 0) is 44.3 Å². The van der Waals surface area contributed by atoms with Crippen molar-refractivity contribution in [1.82, 2.24) is 5.32 Å². The van der Waals surface area contributed by atoms with Crippen molar-refractivity contribution in [3.05, 3.63) is 35.4 Å². The highest BCUT2D eigenvalue weighted by Crippen LogP contribution is 2.16. The molecular weight excluding hydrogens is 184 g/mol. The minimum atomic E-state index is 0.368. The Labute approximate surface area is 91.9 Å². The number of hydrogen-bond donors (Lipinski definition) is 2. The van der Waals surface area contributed by atoms with Crippen LogP contribution in [0.5, 0.6) is 0 Å². The monoisotopic (exact) mass is 204 g/mol. The third kappa shape index (κ3) is 2.80. The van der Waals surface area contributed by atoms with Gasteiger partial charge in [0.05, 0.1) is 0 Å². The van der Waals surface area contributed by atoms with Crippen molar-refractivity contribution in [2.75, 3.05) is 13.1 Å². The van der Waals surface area contributed by atoms with Crippen LogP contribution in [0, 0.1) is 12.8 Å². The second-order valence-corrected chi connectivity index (χ2v) is 4.61. The molecule has 2 rings (SSSR count). The third-order valence-electron chi connectivity index (χ3n) is 3.28. The van der Waals surface area contributed by atoms with Gasteiger partial charge in [-0.2, -0.15) is 0 Å². The van der Waals surface area contributed by atoms with E-state index in [1.807, 2.05) is 0 Å². The van der Waals surface area contributed by atoms with Gasteiger partial charge in [-0.1, -0.05) is 29.8 Å². The van der Waals surface area contributed by atoms with Crippen LogP contribution in [0.4, 0.5) is 0 Å². The zero-order valence-corrected chi connectivity index (χ0v) is 9.37. The molecule has 2 nitrogen and oxygen atoms in total. The van der Waals surface area contributed by atoms with Crippen molar-refractivity contribution in [3.8, 4) is 0 Å². The van der Waals surface area contributed by atoms with Gasteiger partial charge in [-0.15, -0.1) is 0 Å². The van der Waals surface area contributed by atoms with E-state index in [1.165, 1.54) is 11.1 Å². The van der Waals surface area contributed by atoms with Crippen LogP contribution in [0.15, 0.2) is 24.3 Å². The molecule has 1 aromatic carbocycles. The summed E-state index contributed by atoms with van der Waals surface area (Å²) in [6.45, 7) is 4.26. The summed E-state index contributed by atoms with van der Waals surface area (Å²) >= 11 is 0. The number of rotatable bonds is 2. The topological polar surface area (TPSA) is 38.0 Å². The van der Waals surface area contributed by atoms with Crippen LogP contribution in [-0.4, -0.2) is 19.1 Å². The van der Waals surface area contributed by atoms with Gasteiger partial charge >= 0.3 is 0 Å². The zero-order valence-electron chi connectivity index (χ0n) is 9.37. The molecule has 82 valence electrons. The summed E-state index contributed by atoms with van der Waals surface area (Å²) < 4.78 is 0. The largest absolute Gasteiger partial charge is 0.327 e. The van der Waals surface area contributed by atoms with E-state index < -0.39 is 0 Å². The molecule has 0 spiro atoms. The lowest BCUT2D eigenvalue weighted by molar-refractivity contribution is 0.324. The van der Waals surface area contributed by atoms with E-state index in [9.17, 15) is 0 Å². The molecule has 2 heteroatoms. The first kappa shape index (κ1) is 10.7. The molecule has 1 heterocycles. The number of aryl methyl sites for hydroxylation is 1. The standard InChI is InChI=1S/C13H20N2/c1-10-2-4-11(5-3-10)8-12-9-15-7-6-13(12)14/h2-5,12-13,15H,6-9,14H2,1H3/t12-,13+/m1/s1. The van der Waals surface area contributed by atoms with Crippen LogP contribution >= 0.6 is 0 Å². The van der Waals surface area contributed by atoms with Gasteiger partial charge in [0, 0.05) is 6.04 Å². The third-order valence-corrected chi connectivity index (χ3v) is 3.28. The number of nitrogens with two attached hydrogens (primary N) is 1. The van der Waals surface area contributed by atoms with Gasteiger partial charge in [-0.3, -0.25) is 0 Å². The van der Waals surface area contributed by atoms with Crippen molar-refractivity contribution in [2.45, 2.75) is 25.8 Å². The van der Waals surface area contributed by atoms with Crippen molar-refractivity contribution >= 4 is 0 Å². The molecule has 0 bridgehead atoms. The Hall–Kier alpha value is -0.860. The quantitative estimate of drug-likeness (QED) is 0.765. The molecule has 0 aromatic heterocycles. The molecular formula is C13H20N2. The average molecular weight is 204 g/mol. The van der Waals surface area contributed by atoms with Gasteiger partial charge in [0.1, 0.15) is 0 Å². The Morgan fingerprint density at radius 1 is 1.33 bits per heavy atom. The highest BCUT2D eigenvalue weighted by atomic mass is 14.9. The maximum atomic E-state index is 6.12. The van der Waals surface area contributed by atoms with Crippen LogP contribution in [-0.2, 0) is 6.42 Å². The van der Waals surface area contributed by atoms with E-state index in [0.29, 0.717) is 12.0 Å². The van der Waals surface area contributed by atoms with Gasteiger partial charge in [0.15, 0.2) is 0 Å². The minimum Gasteiger partial charge on any atom is -0.327 e. The summed E-state index contributed by atoms with van der Waals surface area (Å²) in [5.41, 5.74) is 8.85. The average Bonchev–Trinajstić information content (AvgIpc) is 2.25. The molecule has 1 fully saturated rings. The van der Waals surface area contributed by atoms with Gasteiger partial charge in [0.25, 0.3) is 0 Å². The Morgan fingerprint density at radius 3 is 2.73 bits per heavy atom. The summed E-state index contributed by atoms with van der Waals surface area (Å²) in [6, 6.07) is 9.16. The normalized spacial score (nSPS) is 26.5. The van der Waals surface area contributed by atoms with E-state index in [1.54, 1.807) is 0 Å². The lowest BCUT2D eigenvalue weighted by Gasteiger charge is -2.29. The van der Waals surface area contributed by atoms with Crippen molar-refractivity contribution in [2.24, 2.45) is 11.7 Å². The van der Waals surface area contributed by atoms with Crippen LogP contribution in [0.1, 0.15) is 17.5 Å². The predicted octanol–water partition coefficient (Wildman–Crippen LogP) is 1.47. The summed E-state index contributed by atoms with van der Waals surface area (Å²) in [5.74, 6) is 0.599. The van der Waals surface area contributed by atoms with E-state index in [4.69, 9.17) is 5.73 Å². The minimum absolute atomic E-state index is 0.368. The van der Waals surface area contributed by atoms with E-state index in [-0.39, 0.29) is 0 Å². The number of benzene rings is 1. The fourth-order valence-corrected chi connectivity index (χ4v) is 2.19. The number of hydrogen-bond acceptors (Lipinski definition) is 2. The fourth-order valence-electron chi connectivity index (χ4n) is 2.19. The lowest BCUT2D eigenvalue weighted by atomic mass is 9.88.